The summed E-state index contributed by atoms with van der Waals surface area (Å²) in [7, 11) is 2.28. The Morgan fingerprint density at radius 3 is 2.26 bits per heavy atom. The van der Waals surface area contributed by atoms with E-state index in [0.29, 0.717) is 31.5 Å². The van der Waals surface area contributed by atoms with Gasteiger partial charge in [0, 0.05) is 47.3 Å². The van der Waals surface area contributed by atoms with Crippen LogP contribution in [0.15, 0.2) is 4.99 Å². The predicted molar refractivity (Wildman–Crippen MR) is 108 cm³/mol. The summed E-state index contributed by atoms with van der Waals surface area (Å²) in [6, 6.07) is 0. The first-order valence-electron chi connectivity index (χ1n) is 9.79. The Bertz CT molecular complexity index is 633. The van der Waals surface area contributed by atoms with E-state index in [1.165, 1.54) is 6.26 Å². The fraction of sp³-hybridized carbons (Fsp3) is 0.889. The number of amides is 1. The molecule has 0 aromatic carbocycles. The zero-order chi connectivity index (χ0) is 20.1. The van der Waals surface area contributed by atoms with Gasteiger partial charge >= 0.3 is 0 Å². The van der Waals surface area contributed by atoms with Crippen molar-refractivity contribution in [3.63, 3.8) is 0 Å². The second kappa shape index (κ2) is 9.23. The molecular formula is C18H35N5O3S. The number of carbonyl (C=O) groups excluding carboxylic acids is 1. The number of rotatable bonds is 6. The Labute approximate surface area is 163 Å². The van der Waals surface area contributed by atoms with E-state index in [1.54, 1.807) is 16.3 Å². The Kier molecular flexibility index (Phi) is 7.50. The van der Waals surface area contributed by atoms with Crippen LogP contribution in [0.4, 0.5) is 0 Å². The largest absolute Gasteiger partial charge is 0.356 e. The number of guanidine groups is 1. The molecule has 2 rings (SSSR count). The normalized spacial score (nSPS) is 21.9. The van der Waals surface area contributed by atoms with Crippen LogP contribution in [0.2, 0.25) is 0 Å². The van der Waals surface area contributed by atoms with Crippen molar-refractivity contribution in [2.24, 2.45) is 16.3 Å². The molecule has 1 saturated heterocycles. The van der Waals surface area contributed by atoms with E-state index >= 15 is 0 Å². The van der Waals surface area contributed by atoms with Gasteiger partial charge in [0.15, 0.2) is 5.96 Å². The van der Waals surface area contributed by atoms with Gasteiger partial charge in [0.1, 0.15) is 0 Å². The number of nitrogens with one attached hydrogen (secondary N) is 2. The zero-order valence-corrected chi connectivity index (χ0v) is 17.9. The molecule has 0 aromatic rings. The van der Waals surface area contributed by atoms with E-state index in [0.717, 1.165) is 45.1 Å². The maximum absolute atomic E-state index is 12.7. The molecule has 0 atom stereocenters. The summed E-state index contributed by atoms with van der Waals surface area (Å²) in [5.74, 6) is 1.32. The summed E-state index contributed by atoms with van der Waals surface area (Å²) >= 11 is 0. The summed E-state index contributed by atoms with van der Waals surface area (Å²) in [4.78, 5) is 18.6. The van der Waals surface area contributed by atoms with Crippen molar-refractivity contribution in [3.05, 3.63) is 0 Å². The van der Waals surface area contributed by atoms with Gasteiger partial charge in [-0.05, 0) is 31.6 Å². The molecule has 2 fully saturated rings. The van der Waals surface area contributed by atoms with Crippen LogP contribution >= 0.6 is 0 Å². The zero-order valence-electron chi connectivity index (χ0n) is 17.1. The smallest absolute Gasteiger partial charge is 0.230 e. The summed E-state index contributed by atoms with van der Waals surface area (Å²) in [5.41, 5.74) is -0.331. The van der Waals surface area contributed by atoms with Gasteiger partial charge in [-0.25, -0.2) is 12.7 Å². The van der Waals surface area contributed by atoms with E-state index in [2.05, 4.69) is 15.6 Å². The van der Waals surface area contributed by atoms with E-state index in [1.807, 2.05) is 14.1 Å². The van der Waals surface area contributed by atoms with Crippen LogP contribution in [0.25, 0.3) is 0 Å². The number of carbonyl (C=O) groups is 1. The Morgan fingerprint density at radius 2 is 1.78 bits per heavy atom. The van der Waals surface area contributed by atoms with Crippen molar-refractivity contribution < 1.29 is 13.2 Å². The number of piperidine rings is 1. The summed E-state index contributed by atoms with van der Waals surface area (Å²) in [5, 5.41) is 6.69. The molecule has 156 valence electrons. The van der Waals surface area contributed by atoms with Crippen LogP contribution in [-0.4, -0.2) is 83.1 Å². The quantitative estimate of drug-likeness (QED) is 0.498. The highest BCUT2D eigenvalue weighted by atomic mass is 32.2. The fourth-order valence-electron chi connectivity index (χ4n) is 4.15. The van der Waals surface area contributed by atoms with Crippen molar-refractivity contribution in [2.45, 2.75) is 38.5 Å². The Hall–Kier alpha value is -1.35. The van der Waals surface area contributed by atoms with E-state index in [9.17, 15) is 13.2 Å². The lowest BCUT2D eigenvalue weighted by atomic mass is 9.84. The Balaban J connectivity index is 1.82. The molecule has 0 aromatic heterocycles. The van der Waals surface area contributed by atoms with Crippen molar-refractivity contribution in [2.75, 3.05) is 53.6 Å². The van der Waals surface area contributed by atoms with Crippen LogP contribution in [0, 0.1) is 11.3 Å². The molecule has 2 aliphatic rings. The second-order valence-corrected chi connectivity index (χ2v) is 10.1. The lowest BCUT2D eigenvalue weighted by molar-refractivity contribution is -0.138. The van der Waals surface area contributed by atoms with Gasteiger partial charge in [0.2, 0.25) is 15.9 Å². The molecule has 0 unspecified atom stereocenters. The molecule has 1 heterocycles. The average molecular weight is 402 g/mol. The number of sulfonamides is 1. The third-order valence-electron chi connectivity index (χ3n) is 5.84. The molecule has 1 saturated carbocycles. The molecule has 0 spiro atoms. The highest BCUT2D eigenvalue weighted by Crippen LogP contribution is 2.38. The lowest BCUT2D eigenvalue weighted by Crippen LogP contribution is -2.50. The molecule has 1 aliphatic carbocycles. The van der Waals surface area contributed by atoms with Gasteiger partial charge in [-0.1, -0.05) is 12.8 Å². The molecule has 27 heavy (non-hydrogen) atoms. The SMILES string of the molecule is CN=C(NCC1CCN(S(C)(=O)=O)CC1)NCC1(C(=O)N(C)C)CCCC1. The second-order valence-electron chi connectivity index (χ2n) is 8.10. The van der Waals surface area contributed by atoms with Crippen LogP contribution in [0.3, 0.4) is 0 Å². The minimum absolute atomic E-state index is 0.191. The van der Waals surface area contributed by atoms with Crippen molar-refractivity contribution in [1.82, 2.24) is 19.8 Å². The fourth-order valence-corrected chi connectivity index (χ4v) is 5.03. The predicted octanol–water partition coefficient (Wildman–Crippen LogP) is 0.472. The molecule has 0 radical (unpaired) electrons. The first-order valence-corrected chi connectivity index (χ1v) is 11.6. The highest BCUT2D eigenvalue weighted by molar-refractivity contribution is 7.88. The summed E-state index contributed by atoms with van der Waals surface area (Å²) < 4.78 is 24.7. The first kappa shape index (κ1) is 21.9. The number of aliphatic imine (C=N–C) groups is 1. The van der Waals surface area contributed by atoms with Crippen LogP contribution in [0.1, 0.15) is 38.5 Å². The summed E-state index contributed by atoms with van der Waals surface area (Å²) in [6.07, 6.45) is 6.97. The van der Waals surface area contributed by atoms with Gasteiger partial charge < -0.3 is 15.5 Å². The minimum atomic E-state index is -3.08. The van der Waals surface area contributed by atoms with Gasteiger partial charge in [0.25, 0.3) is 0 Å². The molecule has 9 heteroatoms. The maximum Gasteiger partial charge on any atom is 0.230 e. The first-order chi connectivity index (χ1) is 12.7. The van der Waals surface area contributed by atoms with Gasteiger partial charge in [-0.2, -0.15) is 0 Å². The average Bonchev–Trinajstić information content (AvgIpc) is 3.10. The molecule has 2 N–H and O–H groups in total. The molecule has 0 bridgehead atoms. The van der Waals surface area contributed by atoms with Gasteiger partial charge in [-0.15, -0.1) is 0 Å². The minimum Gasteiger partial charge on any atom is -0.356 e. The third kappa shape index (κ3) is 5.81. The standard InChI is InChI=1S/C18H35N5O3S/c1-19-17(20-13-15-7-11-23(12-8-15)27(4,25)26)21-14-18(9-5-6-10-18)16(24)22(2)3/h15H,5-14H2,1-4H3,(H2,19,20,21). The maximum atomic E-state index is 12.7. The lowest BCUT2D eigenvalue weighted by Gasteiger charge is -2.32. The topological polar surface area (TPSA) is 94.1 Å². The Morgan fingerprint density at radius 1 is 1.19 bits per heavy atom. The van der Waals surface area contributed by atoms with Crippen LogP contribution in [-0.2, 0) is 14.8 Å². The molecule has 1 amide bonds. The van der Waals surface area contributed by atoms with Crippen LogP contribution in [0.5, 0.6) is 0 Å². The monoisotopic (exact) mass is 401 g/mol. The highest BCUT2D eigenvalue weighted by Gasteiger charge is 2.42. The number of hydrogen-bond acceptors (Lipinski definition) is 4. The van der Waals surface area contributed by atoms with Crippen molar-refractivity contribution >= 4 is 21.9 Å². The third-order valence-corrected chi connectivity index (χ3v) is 7.14. The van der Waals surface area contributed by atoms with E-state index in [-0.39, 0.29) is 11.3 Å². The van der Waals surface area contributed by atoms with E-state index in [4.69, 9.17) is 0 Å². The molecule has 8 nitrogen and oxygen atoms in total. The van der Waals surface area contributed by atoms with Gasteiger partial charge in [-0.3, -0.25) is 9.79 Å². The van der Waals surface area contributed by atoms with E-state index < -0.39 is 10.0 Å². The van der Waals surface area contributed by atoms with Crippen molar-refractivity contribution in [1.29, 1.82) is 0 Å². The molecule has 1 aliphatic heterocycles. The summed E-state index contributed by atoms with van der Waals surface area (Å²) in [6.45, 7) is 2.51. The van der Waals surface area contributed by atoms with Crippen molar-refractivity contribution in [3.8, 4) is 0 Å². The molecular weight excluding hydrogens is 366 g/mol. The van der Waals surface area contributed by atoms with Gasteiger partial charge in [0.05, 0.1) is 11.7 Å². The van der Waals surface area contributed by atoms with Crippen LogP contribution < -0.4 is 10.6 Å². The number of hydrogen-bond donors (Lipinski definition) is 2. The number of nitrogens with zero attached hydrogens (tertiary/aromatic N) is 3.